The van der Waals surface area contributed by atoms with E-state index in [4.69, 9.17) is 5.11 Å². The Morgan fingerprint density at radius 3 is 2.70 bits per heavy atom. The average molecular weight is 333 g/mol. The van der Waals surface area contributed by atoms with Gasteiger partial charge in [-0.15, -0.1) is 11.8 Å². The maximum absolute atomic E-state index is 13.4. The lowest BCUT2D eigenvalue weighted by molar-refractivity contribution is 0.0948. The highest BCUT2D eigenvalue weighted by Gasteiger charge is 2.12. The molecule has 23 heavy (non-hydrogen) atoms. The summed E-state index contributed by atoms with van der Waals surface area (Å²) in [5, 5.41) is 12.3. The second kappa shape index (κ2) is 8.13. The number of nitrogens with one attached hydrogen (secondary N) is 1. The fourth-order valence-corrected chi connectivity index (χ4v) is 3.10. The summed E-state index contributed by atoms with van der Waals surface area (Å²) in [6.07, 6.45) is 0. The number of thioether (sulfide) groups is 1. The zero-order valence-corrected chi connectivity index (χ0v) is 14.0. The quantitative estimate of drug-likeness (QED) is 0.792. The number of amides is 1. The lowest BCUT2D eigenvalue weighted by Crippen LogP contribution is -2.23. The number of benzene rings is 2. The van der Waals surface area contributed by atoms with Crippen LogP contribution in [0.25, 0.3) is 0 Å². The van der Waals surface area contributed by atoms with Crippen LogP contribution in [0.5, 0.6) is 0 Å². The molecule has 0 atom stereocenters. The number of aliphatic hydroxyl groups excluding tert-OH is 1. The van der Waals surface area contributed by atoms with Gasteiger partial charge in [0.1, 0.15) is 5.82 Å². The molecule has 0 saturated carbocycles. The summed E-state index contributed by atoms with van der Waals surface area (Å²) in [5.74, 6) is -0.607. The molecule has 5 heteroatoms. The van der Waals surface area contributed by atoms with Gasteiger partial charge in [0.2, 0.25) is 0 Å². The Bertz CT molecular complexity index is 688. The number of carbonyl (C=O) groups is 1. The predicted molar refractivity (Wildman–Crippen MR) is 90.9 cm³/mol. The maximum Gasteiger partial charge on any atom is 0.252 e. The van der Waals surface area contributed by atoms with Crippen molar-refractivity contribution in [2.45, 2.75) is 37.1 Å². The summed E-state index contributed by atoms with van der Waals surface area (Å²) in [5.41, 5.74) is 1.61. The van der Waals surface area contributed by atoms with Crippen molar-refractivity contribution >= 4 is 17.7 Å². The van der Waals surface area contributed by atoms with Crippen molar-refractivity contribution in [2.24, 2.45) is 0 Å². The number of halogens is 1. The van der Waals surface area contributed by atoms with Crippen molar-refractivity contribution in [2.75, 3.05) is 0 Å². The number of hydrogen-bond acceptors (Lipinski definition) is 3. The van der Waals surface area contributed by atoms with Crippen LogP contribution < -0.4 is 5.32 Å². The van der Waals surface area contributed by atoms with E-state index in [1.807, 2.05) is 18.2 Å². The van der Waals surface area contributed by atoms with Gasteiger partial charge >= 0.3 is 0 Å². The summed E-state index contributed by atoms with van der Waals surface area (Å²) in [6, 6.07) is 11.9. The van der Waals surface area contributed by atoms with Gasteiger partial charge in [-0.05, 0) is 29.8 Å². The molecule has 0 spiro atoms. The fourth-order valence-electron chi connectivity index (χ4n) is 2.15. The lowest BCUT2D eigenvalue weighted by atomic mass is 10.1. The molecule has 0 aromatic heterocycles. The minimum Gasteiger partial charge on any atom is -0.392 e. The van der Waals surface area contributed by atoms with Crippen LogP contribution >= 0.6 is 11.8 Å². The molecule has 0 radical (unpaired) electrons. The molecule has 0 fully saturated rings. The molecular weight excluding hydrogens is 313 g/mol. The molecule has 0 aliphatic carbocycles. The normalized spacial score (nSPS) is 10.8. The molecule has 0 aliphatic rings. The third kappa shape index (κ3) is 4.81. The topological polar surface area (TPSA) is 49.3 Å². The maximum atomic E-state index is 13.4. The molecule has 2 aromatic carbocycles. The van der Waals surface area contributed by atoms with Crippen LogP contribution in [0, 0.1) is 5.82 Å². The fraction of sp³-hybridized carbons (Fsp3) is 0.278. The van der Waals surface area contributed by atoms with E-state index in [1.54, 1.807) is 30.0 Å². The molecule has 0 saturated heterocycles. The lowest BCUT2D eigenvalue weighted by Gasteiger charge is -2.12. The molecule has 2 aromatic rings. The van der Waals surface area contributed by atoms with Gasteiger partial charge in [-0.3, -0.25) is 4.79 Å². The van der Waals surface area contributed by atoms with Gasteiger partial charge in [0, 0.05) is 22.3 Å². The highest BCUT2D eigenvalue weighted by molar-refractivity contribution is 8.00. The molecule has 2 N–H and O–H groups in total. The average Bonchev–Trinajstić information content (AvgIpc) is 2.53. The summed E-state index contributed by atoms with van der Waals surface area (Å²) < 4.78 is 13.4. The Kier molecular flexibility index (Phi) is 6.19. The van der Waals surface area contributed by atoms with Gasteiger partial charge < -0.3 is 10.4 Å². The van der Waals surface area contributed by atoms with Crippen molar-refractivity contribution in [3.8, 4) is 0 Å². The van der Waals surface area contributed by atoms with E-state index in [2.05, 4.69) is 19.2 Å². The van der Waals surface area contributed by atoms with E-state index in [0.29, 0.717) is 10.8 Å². The van der Waals surface area contributed by atoms with Gasteiger partial charge in [-0.2, -0.15) is 0 Å². The van der Waals surface area contributed by atoms with E-state index >= 15 is 0 Å². The smallest absolute Gasteiger partial charge is 0.252 e. The van der Waals surface area contributed by atoms with Crippen LogP contribution in [0.1, 0.15) is 35.3 Å². The first-order valence-electron chi connectivity index (χ1n) is 7.43. The van der Waals surface area contributed by atoms with Crippen molar-refractivity contribution in [1.29, 1.82) is 0 Å². The van der Waals surface area contributed by atoms with Gasteiger partial charge in [0.05, 0.1) is 12.2 Å². The zero-order chi connectivity index (χ0) is 16.8. The van der Waals surface area contributed by atoms with E-state index in [0.717, 1.165) is 10.5 Å². The Morgan fingerprint density at radius 1 is 1.26 bits per heavy atom. The molecule has 0 aliphatic heterocycles. The Balaban J connectivity index is 2.08. The molecule has 3 nitrogen and oxygen atoms in total. The Labute approximate surface area is 139 Å². The summed E-state index contributed by atoms with van der Waals surface area (Å²) in [7, 11) is 0. The van der Waals surface area contributed by atoms with Gasteiger partial charge in [-0.25, -0.2) is 4.39 Å². The zero-order valence-electron chi connectivity index (χ0n) is 13.2. The highest BCUT2D eigenvalue weighted by atomic mass is 32.2. The SMILES string of the molecule is CC(C)Sc1ccccc1C(=O)NCc1ccc(F)c(CO)c1. The van der Waals surface area contributed by atoms with Crippen molar-refractivity contribution in [3.63, 3.8) is 0 Å². The van der Waals surface area contributed by atoms with Crippen LogP contribution in [-0.2, 0) is 13.2 Å². The first-order chi connectivity index (χ1) is 11.0. The number of aliphatic hydroxyl groups is 1. The monoisotopic (exact) mass is 333 g/mol. The van der Waals surface area contributed by atoms with E-state index in [-0.39, 0.29) is 24.6 Å². The van der Waals surface area contributed by atoms with Crippen LogP contribution in [0.3, 0.4) is 0 Å². The number of rotatable bonds is 6. The highest BCUT2D eigenvalue weighted by Crippen LogP contribution is 2.26. The van der Waals surface area contributed by atoms with Crippen molar-refractivity contribution in [1.82, 2.24) is 5.32 Å². The van der Waals surface area contributed by atoms with Gasteiger partial charge in [0.15, 0.2) is 0 Å². The standard InChI is InChI=1S/C18H20FNO2S/c1-12(2)23-17-6-4-3-5-15(17)18(22)20-10-13-7-8-16(19)14(9-13)11-21/h3-9,12,21H,10-11H2,1-2H3,(H,20,22). The first kappa shape index (κ1) is 17.5. The van der Waals surface area contributed by atoms with Crippen LogP contribution in [-0.4, -0.2) is 16.3 Å². The second-order valence-corrected chi connectivity index (χ2v) is 7.05. The molecule has 0 unspecified atom stereocenters. The predicted octanol–water partition coefficient (Wildman–Crippen LogP) is 3.75. The third-order valence-electron chi connectivity index (χ3n) is 3.23. The first-order valence-corrected chi connectivity index (χ1v) is 8.31. The number of hydrogen-bond donors (Lipinski definition) is 2. The van der Waals surface area contributed by atoms with Crippen molar-refractivity contribution < 1.29 is 14.3 Å². The molecule has 122 valence electrons. The molecule has 0 bridgehead atoms. The number of carbonyl (C=O) groups excluding carboxylic acids is 1. The minimum atomic E-state index is -0.443. The van der Waals surface area contributed by atoms with Gasteiger partial charge in [0.25, 0.3) is 5.91 Å². The molecule has 0 heterocycles. The Hall–Kier alpha value is -1.85. The summed E-state index contributed by atoms with van der Waals surface area (Å²) in [6.45, 7) is 4.08. The molecule has 1 amide bonds. The minimum absolute atomic E-state index is 0.163. The summed E-state index contributed by atoms with van der Waals surface area (Å²) in [4.78, 5) is 13.3. The van der Waals surface area contributed by atoms with E-state index < -0.39 is 5.82 Å². The molecule has 2 rings (SSSR count). The largest absolute Gasteiger partial charge is 0.392 e. The van der Waals surface area contributed by atoms with Gasteiger partial charge in [-0.1, -0.05) is 32.0 Å². The van der Waals surface area contributed by atoms with E-state index in [1.165, 1.54) is 6.07 Å². The van der Waals surface area contributed by atoms with Crippen molar-refractivity contribution in [3.05, 3.63) is 65.0 Å². The second-order valence-electron chi connectivity index (χ2n) is 5.43. The van der Waals surface area contributed by atoms with E-state index in [9.17, 15) is 9.18 Å². The molecular formula is C18H20FNO2S. The van der Waals surface area contributed by atoms with Crippen LogP contribution in [0.2, 0.25) is 0 Å². The van der Waals surface area contributed by atoms with Crippen LogP contribution in [0.15, 0.2) is 47.4 Å². The van der Waals surface area contributed by atoms with Crippen LogP contribution in [0.4, 0.5) is 4.39 Å². The third-order valence-corrected chi connectivity index (χ3v) is 4.31. The summed E-state index contributed by atoms with van der Waals surface area (Å²) >= 11 is 1.64. The Morgan fingerprint density at radius 2 is 2.00 bits per heavy atom.